The van der Waals surface area contributed by atoms with Crippen LogP contribution in [0.2, 0.25) is 0 Å². The van der Waals surface area contributed by atoms with E-state index in [-0.39, 0.29) is 17.1 Å². The predicted molar refractivity (Wildman–Crippen MR) is 95.6 cm³/mol. The molecule has 0 aromatic heterocycles. The van der Waals surface area contributed by atoms with Crippen molar-refractivity contribution in [3.8, 4) is 5.75 Å². The molecule has 2 N–H and O–H groups in total. The number of rotatable bonds is 4. The molecule has 2 unspecified atom stereocenters. The van der Waals surface area contributed by atoms with E-state index < -0.39 is 6.10 Å². The van der Waals surface area contributed by atoms with Crippen LogP contribution in [0, 0.1) is 0 Å². The van der Waals surface area contributed by atoms with Gasteiger partial charge in [0, 0.05) is 10.6 Å². The molecule has 5 nitrogen and oxygen atoms in total. The SMILES string of the molecule is CC1Oc2ccc(NC(=O)C(C)Sc3ccccc3)cc2NC1=O. The number of carbonyl (C=O) groups excluding carboxylic acids is 2. The Bertz CT molecular complexity index is 764. The average molecular weight is 342 g/mol. The van der Waals surface area contributed by atoms with E-state index in [1.165, 1.54) is 11.8 Å². The van der Waals surface area contributed by atoms with Gasteiger partial charge in [-0.3, -0.25) is 9.59 Å². The summed E-state index contributed by atoms with van der Waals surface area (Å²) in [4.78, 5) is 25.1. The van der Waals surface area contributed by atoms with Gasteiger partial charge in [-0.1, -0.05) is 18.2 Å². The second kappa shape index (κ2) is 6.97. The molecular weight excluding hydrogens is 324 g/mol. The third-order valence-electron chi connectivity index (χ3n) is 3.60. The van der Waals surface area contributed by atoms with Crippen LogP contribution in [-0.2, 0) is 9.59 Å². The third kappa shape index (κ3) is 3.71. The van der Waals surface area contributed by atoms with Gasteiger partial charge in [0.1, 0.15) is 5.75 Å². The van der Waals surface area contributed by atoms with Crippen molar-refractivity contribution in [1.82, 2.24) is 0 Å². The molecule has 2 aromatic carbocycles. The summed E-state index contributed by atoms with van der Waals surface area (Å²) in [5, 5.41) is 5.40. The van der Waals surface area contributed by atoms with Gasteiger partial charge in [0.25, 0.3) is 5.91 Å². The Balaban J connectivity index is 1.66. The predicted octanol–water partition coefficient (Wildman–Crippen LogP) is 3.53. The van der Waals surface area contributed by atoms with Crippen LogP contribution in [-0.4, -0.2) is 23.2 Å². The fraction of sp³-hybridized carbons (Fsp3) is 0.222. The summed E-state index contributed by atoms with van der Waals surface area (Å²) in [6.07, 6.45) is -0.514. The maximum absolute atomic E-state index is 12.4. The molecule has 0 radical (unpaired) electrons. The number of fused-ring (bicyclic) bond motifs is 1. The van der Waals surface area contributed by atoms with E-state index in [0.717, 1.165) is 4.90 Å². The van der Waals surface area contributed by atoms with E-state index in [1.54, 1.807) is 25.1 Å². The molecule has 1 aliphatic rings. The number of benzene rings is 2. The van der Waals surface area contributed by atoms with E-state index in [1.807, 2.05) is 37.3 Å². The fourth-order valence-corrected chi connectivity index (χ4v) is 3.18. The quantitative estimate of drug-likeness (QED) is 0.834. The van der Waals surface area contributed by atoms with Crippen LogP contribution in [0.1, 0.15) is 13.8 Å². The zero-order valence-electron chi connectivity index (χ0n) is 13.4. The highest BCUT2D eigenvalue weighted by atomic mass is 32.2. The average Bonchev–Trinajstić information content (AvgIpc) is 2.57. The Morgan fingerprint density at radius 1 is 1.25 bits per heavy atom. The van der Waals surface area contributed by atoms with E-state index in [0.29, 0.717) is 17.1 Å². The molecule has 2 aromatic rings. The van der Waals surface area contributed by atoms with Gasteiger partial charge in [-0.25, -0.2) is 0 Å². The van der Waals surface area contributed by atoms with Crippen LogP contribution in [0.5, 0.6) is 5.75 Å². The number of anilines is 2. The van der Waals surface area contributed by atoms with Gasteiger partial charge in [0.2, 0.25) is 5.91 Å². The molecule has 2 amide bonds. The minimum Gasteiger partial charge on any atom is -0.479 e. The Morgan fingerprint density at radius 2 is 2.00 bits per heavy atom. The lowest BCUT2D eigenvalue weighted by Crippen LogP contribution is -2.34. The molecule has 0 fully saturated rings. The van der Waals surface area contributed by atoms with Crippen molar-refractivity contribution in [2.75, 3.05) is 10.6 Å². The number of thioether (sulfide) groups is 1. The zero-order valence-corrected chi connectivity index (χ0v) is 14.2. The molecule has 0 saturated heterocycles. The minimum atomic E-state index is -0.514. The Morgan fingerprint density at radius 3 is 2.75 bits per heavy atom. The summed E-state index contributed by atoms with van der Waals surface area (Å²) in [5.74, 6) is 0.311. The Labute approximate surface area is 144 Å². The first-order valence-corrected chi connectivity index (χ1v) is 8.55. The lowest BCUT2D eigenvalue weighted by atomic mass is 10.2. The van der Waals surface area contributed by atoms with Crippen molar-refractivity contribution < 1.29 is 14.3 Å². The van der Waals surface area contributed by atoms with Gasteiger partial charge in [-0.2, -0.15) is 0 Å². The molecule has 2 atom stereocenters. The molecule has 0 aliphatic carbocycles. The summed E-state index contributed by atoms with van der Waals surface area (Å²) >= 11 is 1.49. The van der Waals surface area contributed by atoms with Crippen LogP contribution in [0.3, 0.4) is 0 Å². The highest BCUT2D eigenvalue weighted by Gasteiger charge is 2.24. The summed E-state index contributed by atoms with van der Waals surface area (Å²) < 4.78 is 5.50. The number of amides is 2. The molecule has 124 valence electrons. The largest absolute Gasteiger partial charge is 0.479 e. The van der Waals surface area contributed by atoms with E-state index in [9.17, 15) is 9.59 Å². The third-order valence-corrected chi connectivity index (χ3v) is 4.72. The van der Waals surface area contributed by atoms with Gasteiger partial charge in [0.15, 0.2) is 6.10 Å². The molecule has 24 heavy (non-hydrogen) atoms. The summed E-state index contributed by atoms with van der Waals surface area (Å²) in [6.45, 7) is 3.55. The summed E-state index contributed by atoms with van der Waals surface area (Å²) in [6, 6.07) is 15.0. The van der Waals surface area contributed by atoms with Gasteiger partial charge in [-0.05, 0) is 44.2 Å². The normalized spacial score (nSPS) is 17.2. The highest BCUT2D eigenvalue weighted by Crippen LogP contribution is 2.32. The maximum Gasteiger partial charge on any atom is 0.265 e. The number of hydrogen-bond donors (Lipinski definition) is 2. The van der Waals surface area contributed by atoms with Crippen molar-refractivity contribution >= 4 is 35.0 Å². The Hall–Kier alpha value is -2.47. The second-order valence-electron chi connectivity index (χ2n) is 5.52. The van der Waals surface area contributed by atoms with Crippen LogP contribution in [0.25, 0.3) is 0 Å². The summed E-state index contributed by atoms with van der Waals surface area (Å²) in [7, 11) is 0. The van der Waals surface area contributed by atoms with Gasteiger partial charge >= 0.3 is 0 Å². The van der Waals surface area contributed by atoms with Crippen LogP contribution in [0.15, 0.2) is 53.4 Å². The number of ether oxygens (including phenoxy) is 1. The Kier molecular flexibility index (Phi) is 4.76. The monoisotopic (exact) mass is 342 g/mol. The maximum atomic E-state index is 12.4. The molecule has 0 spiro atoms. The molecule has 0 saturated carbocycles. The van der Waals surface area contributed by atoms with E-state index in [2.05, 4.69) is 10.6 Å². The molecule has 6 heteroatoms. The van der Waals surface area contributed by atoms with Crippen LogP contribution in [0.4, 0.5) is 11.4 Å². The number of carbonyl (C=O) groups is 2. The van der Waals surface area contributed by atoms with Gasteiger partial charge < -0.3 is 15.4 Å². The molecule has 1 aliphatic heterocycles. The number of nitrogens with one attached hydrogen (secondary N) is 2. The lowest BCUT2D eigenvalue weighted by molar-refractivity contribution is -0.122. The van der Waals surface area contributed by atoms with Gasteiger partial charge in [0.05, 0.1) is 10.9 Å². The van der Waals surface area contributed by atoms with Crippen molar-refractivity contribution in [2.24, 2.45) is 0 Å². The molecule has 3 rings (SSSR count). The smallest absolute Gasteiger partial charge is 0.265 e. The van der Waals surface area contributed by atoms with Crippen molar-refractivity contribution in [2.45, 2.75) is 30.1 Å². The van der Waals surface area contributed by atoms with Crippen molar-refractivity contribution in [3.05, 3.63) is 48.5 Å². The molecule has 1 heterocycles. The van der Waals surface area contributed by atoms with Crippen molar-refractivity contribution in [1.29, 1.82) is 0 Å². The standard InChI is InChI=1S/C18H18N2O3S/c1-11-17(21)20-15-10-13(8-9-16(15)23-11)19-18(22)12(2)24-14-6-4-3-5-7-14/h3-12H,1-2H3,(H,19,22)(H,20,21). The fourth-order valence-electron chi connectivity index (χ4n) is 2.29. The number of hydrogen-bond acceptors (Lipinski definition) is 4. The topological polar surface area (TPSA) is 67.4 Å². The first-order chi connectivity index (χ1) is 11.5. The second-order valence-corrected chi connectivity index (χ2v) is 6.94. The molecular formula is C18H18N2O3S. The van der Waals surface area contributed by atoms with Crippen molar-refractivity contribution in [3.63, 3.8) is 0 Å². The zero-order chi connectivity index (χ0) is 17.1. The van der Waals surface area contributed by atoms with E-state index >= 15 is 0 Å². The van der Waals surface area contributed by atoms with E-state index in [4.69, 9.17) is 4.74 Å². The molecule has 0 bridgehead atoms. The first-order valence-electron chi connectivity index (χ1n) is 7.67. The summed E-state index contributed by atoms with van der Waals surface area (Å²) in [5.41, 5.74) is 1.19. The highest BCUT2D eigenvalue weighted by molar-refractivity contribution is 8.00. The first kappa shape index (κ1) is 16.4. The van der Waals surface area contributed by atoms with Crippen LogP contribution < -0.4 is 15.4 Å². The minimum absolute atomic E-state index is 0.0970. The van der Waals surface area contributed by atoms with Crippen LogP contribution >= 0.6 is 11.8 Å². The van der Waals surface area contributed by atoms with Gasteiger partial charge in [-0.15, -0.1) is 11.8 Å². The lowest BCUT2D eigenvalue weighted by Gasteiger charge is -2.23.